The third kappa shape index (κ3) is 2.30. The van der Waals surface area contributed by atoms with Crippen molar-refractivity contribution in [3.63, 3.8) is 0 Å². The van der Waals surface area contributed by atoms with Gasteiger partial charge in [-0.25, -0.2) is 0 Å². The molecule has 0 N–H and O–H groups in total. The molecule has 4 heterocycles. The Bertz CT molecular complexity index is 715. The van der Waals surface area contributed by atoms with Crippen LogP contribution in [-0.2, 0) is 16.0 Å². The van der Waals surface area contributed by atoms with E-state index in [0.717, 1.165) is 49.1 Å². The Morgan fingerprint density at radius 3 is 2.68 bits per heavy atom. The van der Waals surface area contributed by atoms with Crippen LogP contribution in [0.15, 0.2) is 30.6 Å². The molecule has 2 aliphatic heterocycles. The SMILES string of the molecule is N#Cc1c(CN2CCC3(CC2)OCCO3)cn2ccccc12. The third-order valence-corrected chi connectivity index (χ3v) is 4.70. The third-order valence-electron chi connectivity index (χ3n) is 4.70. The van der Waals surface area contributed by atoms with E-state index in [2.05, 4.69) is 17.2 Å². The Hall–Kier alpha value is -1.87. The van der Waals surface area contributed by atoms with Gasteiger partial charge >= 0.3 is 0 Å². The highest BCUT2D eigenvalue weighted by Gasteiger charge is 2.39. The fraction of sp³-hybridized carbons (Fsp3) is 0.471. The van der Waals surface area contributed by atoms with E-state index in [1.165, 1.54) is 0 Å². The Morgan fingerprint density at radius 1 is 1.18 bits per heavy atom. The van der Waals surface area contributed by atoms with Crippen molar-refractivity contribution in [1.82, 2.24) is 9.30 Å². The number of fused-ring (bicyclic) bond motifs is 1. The number of ether oxygens (including phenoxy) is 2. The van der Waals surface area contributed by atoms with E-state index < -0.39 is 0 Å². The molecule has 22 heavy (non-hydrogen) atoms. The van der Waals surface area contributed by atoms with Gasteiger partial charge in [-0.1, -0.05) is 6.07 Å². The molecule has 0 saturated carbocycles. The van der Waals surface area contributed by atoms with E-state index in [1.807, 2.05) is 28.8 Å². The van der Waals surface area contributed by atoms with Crippen LogP contribution in [0.4, 0.5) is 0 Å². The second-order valence-electron chi connectivity index (χ2n) is 6.02. The topological polar surface area (TPSA) is 49.9 Å². The van der Waals surface area contributed by atoms with Gasteiger partial charge in [-0.3, -0.25) is 4.90 Å². The molecule has 1 spiro atoms. The van der Waals surface area contributed by atoms with Crippen molar-refractivity contribution in [2.24, 2.45) is 0 Å². The number of rotatable bonds is 2. The molecule has 114 valence electrons. The van der Waals surface area contributed by atoms with Gasteiger partial charge in [0, 0.05) is 50.4 Å². The predicted octanol–water partition coefficient (Wildman–Crippen LogP) is 2.15. The van der Waals surface area contributed by atoms with Crippen molar-refractivity contribution in [2.75, 3.05) is 26.3 Å². The molecule has 2 aliphatic rings. The molecule has 0 bridgehead atoms. The molecule has 0 unspecified atom stereocenters. The molecule has 2 saturated heterocycles. The fourth-order valence-electron chi connectivity index (χ4n) is 3.50. The van der Waals surface area contributed by atoms with Crippen molar-refractivity contribution < 1.29 is 9.47 Å². The fourth-order valence-corrected chi connectivity index (χ4v) is 3.50. The summed E-state index contributed by atoms with van der Waals surface area (Å²) in [6.07, 6.45) is 5.87. The summed E-state index contributed by atoms with van der Waals surface area (Å²) in [5, 5.41) is 9.48. The molecular weight excluding hydrogens is 278 g/mol. The summed E-state index contributed by atoms with van der Waals surface area (Å²) in [5.74, 6) is -0.333. The Kier molecular flexibility index (Phi) is 3.38. The molecule has 2 aromatic rings. The molecule has 0 atom stereocenters. The highest BCUT2D eigenvalue weighted by atomic mass is 16.7. The maximum absolute atomic E-state index is 9.48. The van der Waals surface area contributed by atoms with Crippen LogP contribution in [0.3, 0.4) is 0 Å². The molecule has 0 radical (unpaired) electrons. The summed E-state index contributed by atoms with van der Waals surface area (Å²) in [5.41, 5.74) is 2.86. The first-order valence-electron chi connectivity index (χ1n) is 7.79. The quantitative estimate of drug-likeness (QED) is 0.852. The zero-order chi connectivity index (χ0) is 15.0. The van der Waals surface area contributed by atoms with Gasteiger partial charge in [0.1, 0.15) is 6.07 Å². The Balaban J connectivity index is 1.51. The number of aromatic nitrogens is 1. The number of likely N-dealkylation sites (tertiary alicyclic amines) is 1. The van der Waals surface area contributed by atoms with Gasteiger partial charge in [0.25, 0.3) is 0 Å². The lowest BCUT2D eigenvalue weighted by atomic mass is 10.0. The Labute approximate surface area is 129 Å². The first-order chi connectivity index (χ1) is 10.8. The highest BCUT2D eigenvalue weighted by Crippen LogP contribution is 2.32. The predicted molar refractivity (Wildman–Crippen MR) is 81.3 cm³/mol. The van der Waals surface area contributed by atoms with Gasteiger partial charge in [-0.2, -0.15) is 5.26 Å². The highest BCUT2D eigenvalue weighted by molar-refractivity contribution is 5.65. The van der Waals surface area contributed by atoms with E-state index in [4.69, 9.17) is 9.47 Å². The maximum atomic E-state index is 9.48. The molecule has 0 amide bonds. The van der Waals surface area contributed by atoms with Gasteiger partial charge in [-0.15, -0.1) is 0 Å². The number of hydrogen-bond acceptors (Lipinski definition) is 4. The monoisotopic (exact) mass is 297 g/mol. The smallest absolute Gasteiger partial charge is 0.170 e. The number of hydrogen-bond donors (Lipinski definition) is 0. The average Bonchev–Trinajstić information content (AvgIpc) is 3.14. The molecular formula is C17H19N3O2. The van der Waals surface area contributed by atoms with E-state index >= 15 is 0 Å². The van der Waals surface area contributed by atoms with Crippen molar-refractivity contribution in [1.29, 1.82) is 5.26 Å². The Morgan fingerprint density at radius 2 is 1.95 bits per heavy atom. The van der Waals surface area contributed by atoms with Crippen LogP contribution in [0.25, 0.3) is 5.52 Å². The average molecular weight is 297 g/mol. The van der Waals surface area contributed by atoms with E-state index in [-0.39, 0.29) is 5.79 Å². The minimum atomic E-state index is -0.333. The molecule has 2 aromatic heterocycles. The van der Waals surface area contributed by atoms with Crippen LogP contribution in [0.5, 0.6) is 0 Å². The van der Waals surface area contributed by atoms with Crippen molar-refractivity contribution in [2.45, 2.75) is 25.2 Å². The number of piperidine rings is 1. The van der Waals surface area contributed by atoms with E-state index in [9.17, 15) is 5.26 Å². The van der Waals surface area contributed by atoms with Crippen molar-refractivity contribution in [3.8, 4) is 6.07 Å². The summed E-state index contributed by atoms with van der Waals surface area (Å²) >= 11 is 0. The summed E-state index contributed by atoms with van der Waals surface area (Å²) < 4.78 is 13.6. The van der Waals surface area contributed by atoms with Crippen LogP contribution in [0.1, 0.15) is 24.0 Å². The summed E-state index contributed by atoms with van der Waals surface area (Å²) in [4.78, 5) is 2.38. The second kappa shape index (κ2) is 5.40. The van der Waals surface area contributed by atoms with Gasteiger partial charge in [0.15, 0.2) is 5.79 Å². The summed E-state index contributed by atoms with van der Waals surface area (Å²) in [6.45, 7) is 4.11. The zero-order valence-corrected chi connectivity index (χ0v) is 12.5. The van der Waals surface area contributed by atoms with Crippen molar-refractivity contribution in [3.05, 3.63) is 41.7 Å². The zero-order valence-electron chi connectivity index (χ0n) is 12.5. The van der Waals surface area contributed by atoms with Crippen molar-refractivity contribution >= 4 is 5.52 Å². The minimum Gasteiger partial charge on any atom is -0.347 e. The lowest BCUT2D eigenvalue weighted by molar-refractivity contribution is -0.185. The van der Waals surface area contributed by atoms with E-state index in [0.29, 0.717) is 13.2 Å². The molecule has 2 fully saturated rings. The lowest BCUT2D eigenvalue weighted by Crippen LogP contribution is -2.44. The second-order valence-corrected chi connectivity index (χ2v) is 6.02. The molecule has 5 heteroatoms. The van der Waals surface area contributed by atoms with Crippen LogP contribution in [-0.4, -0.2) is 41.4 Å². The van der Waals surface area contributed by atoms with Gasteiger partial charge in [-0.05, 0) is 12.1 Å². The van der Waals surface area contributed by atoms with Gasteiger partial charge in [0.2, 0.25) is 0 Å². The molecule has 5 nitrogen and oxygen atoms in total. The summed E-state index contributed by atoms with van der Waals surface area (Å²) in [7, 11) is 0. The first-order valence-corrected chi connectivity index (χ1v) is 7.79. The molecule has 4 rings (SSSR count). The standard InChI is InChI=1S/C17H19N3O2/c18-11-15-14(13-20-6-2-1-3-16(15)20)12-19-7-4-17(5-8-19)21-9-10-22-17/h1-3,6,13H,4-5,7-10,12H2. The lowest BCUT2D eigenvalue weighted by Gasteiger charge is -2.37. The van der Waals surface area contributed by atoms with Crippen LogP contribution in [0, 0.1) is 11.3 Å². The number of pyridine rings is 1. The van der Waals surface area contributed by atoms with E-state index in [1.54, 1.807) is 0 Å². The maximum Gasteiger partial charge on any atom is 0.170 e. The normalized spacial score (nSPS) is 21.4. The molecule has 0 aliphatic carbocycles. The van der Waals surface area contributed by atoms with Gasteiger partial charge < -0.3 is 13.9 Å². The number of nitriles is 1. The van der Waals surface area contributed by atoms with Gasteiger partial charge in [0.05, 0.1) is 24.3 Å². The first kappa shape index (κ1) is 13.8. The molecule has 0 aromatic carbocycles. The minimum absolute atomic E-state index is 0.333. The van der Waals surface area contributed by atoms with Crippen LogP contribution >= 0.6 is 0 Å². The number of nitrogens with zero attached hydrogens (tertiary/aromatic N) is 3. The van der Waals surface area contributed by atoms with Crippen LogP contribution < -0.4 is 0 Å². The largest absolute Gasteiger partial charge is 0.347 e. The van der Waals surface area contributed by atoms with Crippen LogP contribution in [0.2, 0.25) is 0 Å². The summed E-state index contributed by atoms with van der Waals surface area (Å²) in [6, 6.07) is 8.31.